The van der Waals surface area contributed by atoms with Gasteiger partial charge in [0.25, 0.3) is 0 Å². The number of para-hydroxylation sites is 1. The van der Waals surface area contributed by atoms with E-state index in [1.54, 1.807) is 42.9 Å². The van der Waals surface area contributed by atoms with Crippen LogP contribution in [-0.4, -0.2) is 73.4 Å². The van der Waals surface area contributed by atoms with Crippen molar-refractivity contribution in [2.75, 3.05) is 52.6 Å². The van der Waals surface area contributed by atoms with Crippen molar-refractivity contribution in [1.82, 2.24) is 14.7 Å². The minimum atomic E-state index is -0.191. The van der Waals surface area contributed by atoms with Gasteiger partial charge in [0.1, 0.15) is 23.5 Å². The maximum atomic E-state index is 13.5. The first-order valence-corrected chi connectivity index (χ1v) is 12.1. The Bertz CT molecular complexity index is 981. The summed E-state index contributed by atoms with van der Waals surface area (Å²) in [5.74, 6) is 1.58. The summed E-state index contributed by atoms with van der Waals surface area (Å²) < 4.78 is 19.7. The Morgan fingerprint density at radius 3 is 2.78 bits per heavy atom. The molecule has 0 aliphatic carbocycles. The number of rotatable bonds is 6. The van der Waals surface area contributed by atoms with E-state index >= 15 is 0 Å². The summed E-state index contributed by atoms with van der Waals surface area (Å²) in [7, 11) is 3.58. The van der Waals surface area contributed by atoms with Crippen molar-refractivity contribution in [2.45, 2.75) is 11.8 Å². The number of amides is 2. The fraction of sp³-hybridized carbons (Fsp3) is 0.400. The first-order valence-electron chi connectivity index (χ1n) is 11.0. The molecule has 7 heteroatoms. The third-order valence-electron chi connectivity index (χ3n) is 5.86. The molecular formula is C25H30FN3O2S. The van der Waals surface area contributed by atoms with E-state index in [2.05, 4.69) is 17.0 Å². The van der Waals surface area contributed by atoms with Gasteiger partial charge < -0.3 is 14.5 Å². The van der Waals surface area contributed by atoms with Crippen molar-refractivity contribution in [3.05, 3.63) is 71.6 Å². The molecule has 1 unspecified atom stereocenters. The van der Waals surface area contributed by atoms with Gasteiger partial charge in [-0.05, 0) is 35.8 Å². The summed E-state index contributed by atoms with van der Waals surface area (Å²) in [6.07, 6.45) is 3.09. The Balaban J connectivity index is 1.34. The third kappa shape index (κ3) is 5.27. The molecule has 2 aliphatic heterocycles. The van der Waals surface area contributed by atoms with Crippen LogP contribution in [0.1, 0.15) is 22.9 Å². The first kappa shape index (κ1) is 22.7. The highest BCUT2D eigenvalue weighted by Gasteiger charge is 2.33. The molecule has 2 aromatic carbocycles. The molecule has 2 aliphatic rings. The number of halogens is 1. The van der Waals surface area contributed by atoms with Crippen molar-refractivity contribution in [1.29, 1.82) is 0 Å². The van der Waals surface area contributed by atoms with E-state index in [-0.39, 0.29) is 17.2 Å². The predicted octanol–water partition coefficient (Wildman–Crippen LogP) is 4.72. The molecule has 1 fully saturated rings. The summed E-state index contributed by atoms with van der Waals surface area (Å²) in [4.78, 5) is 18.5. The number of hydrogen-bond donors (Lipinski definition) is 0. The molecule has 0 N–H and O–H groups in total. The van der Waals surface area contributed by atoms with E-state index < -0.39 is 0 Å². The van der Waals surface area contributed by atoms with E-state index in [9.17, 15) is 9.18 Å². The van der Waals surface area contributed by atoms with Crippen LogP contribution < -0.4 is 4.74 Å². The molecule has 32 heavy (non-hydrogen) atoms. The van der Waals surface area contributed by atoms with Gasteiger partial charge >= 0.3 is 6.03 Å². The van der Waals surface area contributed by atoms with Crippen molar-refractivity contribution in [3.63, 3.8) is 0 Å². The zero-order chi connectivity index (χ0) is 22.5. The number of thioether (sulfide) groups is 1. The highest BCUT2D eigenvalue weighted by molar-refractivity contribution is 7.99. The lowest BCUT2D eigenvalue weighted by Gasteiger charge is -2.29. The van der Waals surface area contributed by atoms with Gasteiger partial charge in [-0.15, -0.1) is 11.8 Å². The molecule has 0 spiro atoms. The Morgan fingerprint density at radius 2 is 2.03 bits per heavy atom. The fourth-order valence-corrected chi connectivity index (χ4v) is 5.42. The van der Waals surface area contributed by atoms with Crippen molar-refractivity contribution in [3.8, 4) is 5.75 Å². The number of urea groups is 1. The lowest BCUT2D eigenvalue weighted by molar-refractivity contribution is 0.172. The van der Waals surface area contributed by atoms with Crippen LogP contribution in [0.5, 0.6) is 5.75 Å². The van der Waals surface area contributed by atoms with Gasteiger partial charge in [0, 0.05) is 51.6 Å². The molecule has 2 aromatic rings. The Hall–Kier alpha value is -2.51. The molecule has 0 bridgehead atoms. The van der Waals surface area contributed by atoms with Gasteiger partial charge in [-0.1, -0.05) is 36.4 Å². The van der Waals surface area contributed by atoms with Gasteiger partial charge in [-0.2, -0.15) is 0 Å². The van der Waals surface area contributed by atoms with Gasteiger partial charge in [0.2, 0.25) is 0 Å². The van der Waals surface area contributed by atoms with Crippen LogP contribution >= 0.6 is 11.8 Å². The lowest BCUT2D eigenvalue weighted by atomic mass is 9.99. The Morgan fingerprint density at radius 1 is 1.19 bits per heavy atom. The predicted molar refractivity (Wildman–Crippen MR) is 128 cm³/mol. The first-order chi connectivity index (χ1) is 15.5. The summed E-state index contributed by atoms with van der Waals surface area (Å²) in [6, 6.07) is 14.9. The van der Waals surface area contributed by atoms with E-state index in [0.717, 1.165) is 55.2 Å². The number of benzene rings is 2. The Labute approximate surface area is 193 Å². The molecule has 4 rings (SSSR count). The van der Waals surface area contributed by atoms with Crippen LogP contribution in [0.3, 0.4) is 0 Å². The smallest absolute Gasteiger partial charge is 0.320 e. The van der Waals surface area contributed by atoms with E-state index in [1.807, 2.05) is 29.2 Å². The summed E-state index contributed by atoms with van der Waals surface area (Å²) >= 11 is 1.78. The van der Waals surface area contributed by atoms with Gasteiger partial charge in [-0.25, -0.2) is 9.18 Å². The molecule has 0 aromatic heterocycles. The van der Waals surface area contributed by atoms with Gasteiger partial charge in [0.15, 0.2) is 0 Å². The second kappa shape index (κ2) is 10.4. The van der Waals surface area contributed by atoms with E-state index in [1.165, 1.54) is 11.6 Å². The molecule has 1 saturated heterocycles. The average Bonchev–Trinajstić information content (AvgIpc) is 3.29. The van der Waals surface area contributed by atoms with Crippen LogP contribution in [0.4, 0.5) is 9.18 Å². The zero-order valence-corrected chi connectivity index (χ0v) is 19.5. The summed E-state index contributed by atoms with van der Waals surface area (Å²) in [5.41, 5.74) is 3.23. The molecular weight excluding hydrogens is 425 g/mol. The minimum Gasteiger partial charge on any atom is -0.492 e. The summed E-state index contributed by atoms with van der Waals surface area (Å²) in [5, 5.41) is -0.0205. The number of hydrogen-bond acceptors (Lipinski definition) is 4. The molecule has 170 valence electrons. The lowest BCUT2D eigenvalue weighted by Crippen LogP contribution is -2.38. The molecule has 0 saturated carbocycles. The zero-order valence-electron chi connectivity index (χ0n) is 18.7. The highest BCUT2D eigenvalue weighted by Crippen LogP contribution is 2.42. The second-order valence-electron chi connectivity index (χ2n) is 8.27. The van der Waals surface area contributed by atoms with Crippen LogP contribution in [0, 0.1) is 5.82 Å². The fourth-order valence-electron chi connectivity index (χ4n) is 4.15. The molecule has 0 radical (unpaired) electrons. The van der Waals surface area contributed by atoms with Gasteiger partial charge in [-0.3, -0.25) is 4.90 Å². The van der Waals surface area contributed by atoms with Crippen LogP contribution in [0.2, 0.25) is 0 Å². The largest absolute Gasteiger partial charge is 0.492 e. The number of nitrogens with zero attached hydrogens (tertiary/aromatic N) is 3. The van der Waals surface area contributed by atoms with E-state index in [0.29, 0.717) is 6.61 Å². The maximum Gasteiger partial charge on any atom is 0.320 e. The SMILES string of the molecule is CN(C)C(=O)N1CCSC1c1ccccc1OCCN1CC=C(c2cccc(F)c2)CC1. The molecule has 5 nitrogen and oxygen atoms in total. The Kier molecular flexibility index (Phi) is 7.37. The highest BCUT2D eigenvalue weighted by atomic mass is 32.2. The van der Waals surface area contributed by atoms with Crippen LogP contribution in [-0.2, 0) is 0 Å². The normalized spacial score (nSPS) is 19.0. The number of carbonyl (C=O) groups excluding carboxylic acids is 1. The topological polar surface area (TPSA) is 36.0 Å². The second-order valence-corrected chi connectivity index (χ2v) is 9.46. The summed E-state index contributed by atoms with van der Waals surface area (Å²) in [6.45, 7) is 3.91. The standard InChI is InChI=1S/C25H30FN3O2S/c1-27(2)25(30)29-15-17-32-24(29)22-8-3-4-9-23(22)31-16-14-28-12-10-19(11-13-28)20-6-5-7-21(26)18-20/h3-10,18,24H,11-17H2,1-2H3. The monoisotopic (exact) mass is 455 g/mol. The van der Waals surface area contributed by atoms with Crippen LogP contribution in [0.15, 0.2) is 54.6 Å². The average molecular weight is 456 g/mol. The number of carbonyl (C=O) groups is 1. The van der Waals surface area contributed by atoms with Gasteiger partial charge in [0.05, 0.1) is 0 Å². The van der Waals surface area contributed by atoms with Crippen LogP contribution in [0.25, 0.3) is 5.57 Å². The van der Waals surface area contributed by atoms with Crippen molar-refractivity contribution >= 4 is 23.4 Å². The van der Waals surface area contributed by atoms with E-state index in [4.69, 9.17) is 4.74 Å². The maximum absolute atomic E-state index is 13.5. The molecule has 1 atom stereocenters. The van der Waals surface area contributed by atoms with Crippen molar-refractivity contribution < 1.29 is 13.9 Å². The quantitative estimate of drug-likeness (QED) is 0.631. The molecule has 2 amide bonds. The minimum absolute atomic E-state index is 0.0205. The number of ether oxygens (including phenoxy) is 1. The van der Waals surface area contributed by atoms with Crippen molar-refractivity contribution in [2.24, 2.45) is 0 Å². The third-order valence-corrected chi connectivity index (χ3v) is 7.10. The molecule has 2 heterocycles.